The first-order valence-corrected chi connectivity index (χ1v) is 7.82. The van der Waals surface area contributed by atoms with Crippen LogP contribution >= 0.6 is 11.3 Å². The van der Waals surface area contributed by atoms with Crippen LogP contribution in [0.5, 0.6) is 0 Å². The van der Waals surface area contributed by atoms with Gasteiger partial charge in [0.15, 0.2) is 0 Å². The summed E-state index contributed by atoms with van der Waals surface area (Å²) in [4.78, 5) is 15.0. The van der Waals surface area contributed by atoms with Gasteiger partial charge in [0.1, 0.15) is 0 Å². The number of aryl methyl sites for hydroxylation is 1. The highest BCUT2D eigenvalue weighted by Crippen LogP contribution is 2.24. The summed E-state index contributed by atoms with van der Waals surface area (Å²) in [5.41, 5.74) is 1.35. The Labute approximate surface area is 119 Å². The van der Waals surface area contributed by atoms with E-state index in [0.29, 0.717) is 18.6 Å². The van der Waals surface area contributed by atoms with E-state index in [1.165, 1.54) is 10.4 Å². The normalized spacial score (nSPS) is 20.6. The predicted octanol–water partition coefficient (Wildman–Crippen LogP) is 2.51. The van der Waals surface area contributed by atoms with E-state index >= 15 is 0 Å². The molecule has 0 bridgehead atoms. The highest BCUT2D eigenvalue weighted by Gasteiger charge is 2.27. The maximum atomic E-state index is 11.7. The zero-order valence-corrected chi connectivity index (χ0v) is 12.7. The first-order valence-electron chi connectivity index (χ1n) is 6.94. The van der Waals surface area contributed by atoms with Gasteiger partial charge < -0.3 is 15.5 Å². The number of rotatable bonds is 4. The summed E-state index contributed by atoms with van der Waals surface area (Å²) in [5, 5.41) is 8.63. The van der Waals surface area contributed by atoms with Gasteiger partial charge in [-0.3, -0.25) is 0 Å². The minimum absolute atomic E-state index is 0.0618. The van der Waals surface area contributed by atoms with Crippen LogP contribution < -0.4 is 10.6 Å². The highest BCUT2D eigenvalue weighted by molar-refractivity contribution is 7.10. The van der Waals surface area contributed by atoms with Crippen molar-refractivity contribution >= 4 is 17.4 Å². The summed E-state index contributed by atoms with van der Waals surface area (Å²) >= 11 is 1.80. The van der Waals surface area contributed by atoms with Crippen LogP contribution in [0.25, 0.3) is 0 Å². The molecule has 0 aromatic carbocycles. The van der Waals surface area contributed by atoms with Crippen LogP contribution in [0.15, 0.2) is 11.4 Å². The summed E-state index contributed by atoms with van der Waals surface area (Å²) in [5.74, 6) is 0. The van der Waals surface area contributed by atoms with E-state index in [1.54, 1.807) is 11.3 Å². The quantitative estimate of drug-likeness (QED) is 0.890. The molecule has 2 atom stereocenters. The molecule has 4 nitrogen and oxygen atoms in total. The number of nitrogens with one attached hydrogen (secondary N) is 2. The zero-order chi connectivity index (χ0) is 13.8. The van der Waals surface area contributed by atoms with Crippen LogP contribution in [0.3, 0.4) is 0 Å². The summed E-state index contributed by atoms with van der Waals surface area (Å²) in [7, 11) is 0. The van der Waals surface area contributed by atoms with Gasteiger partial charge in [0.2, 0.25) is 0 Å². The Morgan fingerprint density at radius 3 is 3.05 bits per heavy atom. The minimum Gasteiger partial charge on any atom is -0.338 e. The molecule has 1 saturated heterocycles. The number of urea groups is 1. The highest BCUT2D eigenvalue weighted by atomic mass is 32.1. The van der Waals surface area contributed by atoms with Crippen molar-refractivity contribution in [3.05, 3.63) is 21.9 Å². The van der Waals surface area contributed by atoms with Crippen molar-refractivity contribution in [2.24, 2.45) is 0 Å². The third-order valence-electron chi connectivity index (χ3n) is 3.58. The van der Waals surface area contributed by atoms with Crippen molar-refractivity contribution in [2.75, 3.05) is 19.6 Å². The third kappa shape index (κ3) is 3.48. The molecule has 2 amide bonds. The second-order valence-corrected chi connectivity index (χ2v) is 6.07. The fourth-order valence-corrected chi connectivity index (χ4v) is 3.55. The average molecular weight is 281 g/mol. The van der Waals surface area contributed by atoms with E-state index in [9.17, 15) is 4.79 Å². The molecule has 19 heavy (non-hydrogen) atoms. The van der Waals surface area contributed by atoms with Crippen LogP contribution in [-0.2, 0) is 0 Å². The predicted molar refractivity (Wildman–Crippen MR) is 79.7 cm³/mol. The molecule has 1 aromatic rings. The third-order valence-corrected chi connectivity index (χ3v) is 4.79. The van der Waals surface area contributed by atoms with Crippen LogP contribution in [0, 0.1) is 6.92 Å². The number of nitrogens with zero attached hydrogens (tertiary/aromatic N) is 1. The van der Waals surface area contributed by atoms with Gasteiger partial charge in [-0.15, -0.1) is 11.3 Å². The molecule has 2 heterocycles. The number of likely N-dealkylation sites (tertiary alicyclic amines) is 1. The summed E-state index contributed by atoms with van der Waals surface area (Å²) < 4.78 is 0. The van der Waals surface area contributed by atoms with Crippen LogP contribution in [-0.4, -0.2) is 36.6 Å². The molecule has 1 fully saturated rings. The van der Waals surface area contributed by atoms with Gasteiger partial charge in [-0.05, 0) is 44.2 Å². The molecule has 106 valence electrons. The average Bonchev–Trinajstić information content (AvgIpc) is 2.98. The molecule has 2 rings (SSSR count). The SMILES string of the molecule is CCNC(=O)N1CC[C@H](N[C@@H](C)c2sccc2C)C1. The van der Waals surface area contributed by atoms with Crippen molar-refractivity contribution in [1.29, 1.82) is 0 Å². The second kappa shape index (κ2) is 6.39. The fourth-order valence-electron chi connectivity index (χ4n) is 2.60. The molecule has 0 saturated carbocycles. The lowest BCUT2D eigenvalue weighted by Crippen LogP contribution is -2.41. The lowest BCUT2D eigenvalue weighted by atomic mass is 10.1. The number of hydrogen-bond acceptors (Lipinski definition) is 3. The van der Waals surface area contributed by atoms with Crippen molar-refractivity contribution in [3.63, 3.8) is 0 Å². The molecule has 1 aromatic heterocycles. The molecular weight excluding hydrogens is 258 g/mol. The van der Waals surface area contributed by atoms with Crippen LogP contribution in [0.1, 0.15) is 36.8 Å². The Kier molecular flexibility index (Phi) is 4.82. The molecule has 2 N–H and O–H groups in total. The number of carbonyl (C=O) groups is 1. The number of amides is 2. The van der Waals surface area contributed by atoms with Crippen LogP contribution in [0.4, 0.5) is 4.79 Å². The van der Waals surface area contributed by atoms with E-state index in [1.807, 2.05) is 11.8 Å². The van der Waals surface area contributed by atoms with Gasteiger partial charge in [0.05, 0.1) is 0 Å². The number of thiophene rings is 1. The van der Waals surface area contributed by atoms with Gasteiger partial charge >= 0.3 is 6.03 Å². The number of carbonyl (C=O) groups excluding carboxylic acids is 1. The summed E-state index contributed by atoms with van der Waals surface area (Å²) in [6.07, 6.45) is 1.03. The van der Waals surface area contributed by atoms with Gasteiger partial charge in [0.25, 0.3) is 0 Å². The summed E-state index contributed by atoms with van der Waals surface area (Å²) in [6, 6.07) is 2.98. The first kappa shape index (κ1) is 14.3. The fraction of sp³-hybridized carbons (Fsp3) is 0.643. The molecule has 0 unspecified atom stereocenters. The van der Waals surface area contributed by atoms with Crippen LogP contribution in [0.2, 0.25) is 0 Å². The monoisotopic (exact) mass is 281 g/mol. The topological polar surface area (TPSA) is 44.4 Å². The van der Waals surface area contributed by atoms with E-state index in [4.69, 9.17) is 0 Å². The molecule has 0 spiro atoms. The second-order valence-electron chi connectivity index (χ2n) is 5.12. The molecule has 0 radical (unpaired) electrons. The smallest absolute Gasteiger partial charge is 0.317 e. The van der Waals surface area contributed by atoms with Gasteiger partial charge in [-0.1, -0.05) is 0 Å². The Bertz CT molecular complexity index is 432. The molecule has 5 heteroatoms. The van der Waals surface area contributed by atoms with Crippen molar-refractivity contribution < 1.29 is 4.79 Å². The van der Waals surface area contributed by atoms with Gasteiger partial charge in [-0.2, -0.15) is 0 Å². The Balaban J connectivity index is 1.85. The van der Waals surface area contributed by atoms with Crippen molar-refractivity contribution in [1.82, 2.24) is 15.5 Å². The van der Waals surface area contributed by atoms with Crippen molar-refractivity contribution in [3.8, 4) is 0 Å². The van der Waals surface area contributed by atoms with Gasteiger partial charge in [-0.25, -0.2) is 4.79 Å². The van der Waals surface area contributed by atoms with Crippen molar-refractivity contribution in [2.45, 2.75) is 39.3 Å². The largest absolute Gasteiger partial charge is 0.338 e. The summed E-state index contributed by atoms with van der Waals surface area (Å²) in [6.45, 7) is 8.65. The molecule has 1 aliphatic heterocycles. The lowest BCUT2D eigenvalue weighted by Gasteiger charge is -2.20. The number of hydrogen-bond donors (Lipinski definition) is 2. The zero-order valence-electron chi connectivity index (χ0n) is 11.9. The molecular formula is C14H23N3OS. The van der Waals surface area contributed by atoms with E-state index in [0.717, 1.165) is 19.5 Å². The minimum atomic E-state index is 0.0618. The molecule has 1 aliphatic rings. The van der Waals surface area contributed by atoms with E-state index in [2.05, 4.69) is 35.9 Å². The van der Waals surface area contributed by atoms with E-state index < -0.39 is 0 Å². The van der Waals surface area contributed by atoms with E-state index in [-0.39, 0.29) is 6.03 Å². The lowest BCUT2D eigenvalue weighted by molar-refractivity contribution is 0.208. The standard InChI is InChI=1S/C14H23N3OS/c1-4-15-14(18)17-7-5-12(9-17)16-11(3)13-10(2)6-8-19-13/h6,8,11-12,16H,4-5,7,9H2,1-3H3,(H,15,18)/t11-,12-/m0/s1. The Morgan fingerprint density at radius 2 is 2.42 bits per heavy atom. The Hall–Kier alpha value is -1.07. The maximum absolute atomic E-state index is 11.7. The maximum Gasteiger partial charge on any atom is 0.317 e. The molecule has 0 aliphatic carbocycles. The Morgan fingerprint density at radius 1 is 1.63 bits per heavy atom. The van der Waals surface area contributed by atoms with Gasteiger partial charge in [0, 0.05) is 36.6 Å². The first-order chi connectivity index (χ1) is 9.11.